The number of anilines is 2. The quantitative estimate of drug-likeness (QED) is 0.315. The third kappa shape index (κ3) is 6.08. The van der Waals surface area contributed by atoms with E-state index in [0.29, 0.717) is 39.9 Å². The predicted octanol–water partition coefficient (Wildman–Crippen LogP) is 6.76. The Morgan fingerprint density at radius 2 is 1.51 bits per heavy atom. The van der Waals surface area contributed by atoms with Crippen LogP contribution < -0.4 is 15.0 Å². The Balaban J connectivity index is 1.47. The molecule has 0 aliphatic rings. The van der Waals surface area contributed by atoms with Crippen LogP contribution >= 0.6 is 11.6 Å². The Kier molecular flexibility index (Phi) is 7.48. The minimum Gasteiger partial charge on any atom is -0.487 e. The van der Waals surface area contributed by atoms with Crippen molar-refractivity contribution in [1.82, 2.24) is 0 Å². The summed E-state index contributed by atoms with van der Waals surface area (Å²) in [6.07, 6.45) is 0. The summed E-state index contributed by atoms with van der Waals surface area (Å²) in [6.45, 7) is 2.34. The van der Waals surface area contributed by atoms with Crippen LogP contribution in [0.4, 0.5) is 11.4 Å². The lowest BCUT2D eigenvalue weighted by Gasteiger charge is -2.21. The number of rotatable bonds is 7. The Hall–Kier alpha value is -4.09. The van der Waals surface area contributed by atoms with Gasteiger partial charge in [-0.15, -0.1) is 0 Å². The topological polar surface area (TPSA) is 58.6 Å². The maximum Gasteiger partial charge on any atom is 0.258 e. The van der Waals surface area contributed by atoms with Crippen molar-refractivity contribution in [2.45, 2.75) is 13.5 Å². The number of hydrogen-bond donors (Lipinski definition) is 1. The number of nitrogens with one attached hydrogen (secondary N) is 1. The average molecular weight is 485 g/mol. The van der Waals surface area contributed by atoms with E-state index in [-0.39, 0.29) is 11.8 Å². The van der Waals surface area contributed by atoms with Gasteiger partial charge < -0.3 is 15.0 Å². The van der Waals surface area contributed by atoms with Gasteiger partial charge >= 0.3 is 0 Å². The molecule has 2 amide bonds. The molecule has 0 aromatic heterocycles. The number of ether oxygens (including phenoxy) is 1. The van der Waals surface area contributed by atoms with Gasteiger partial charge in [0, 0.05) is 35.0 Å². The molecule has 0 aliphatic heterocycles. The van der Waals surface area contributed by atoms with E-state index in [0.717, 1.165) is 11.1 Å². The van der Waals surface area contributed by atoms with Crippen LogP contribution in [0.5, 0.6) is 5.75 Å². The molecule has 4 rings (SSSR count). The lowest BCUT2D eigenvalue weighted by molar-refractivity contribution is 0.0988. The fourth-order valence-electron chi connectivity index (χ4n) is 3.52. The third-order valence-corrected chi connectivity index (χ3v) is 5.76. The first-order valence-corrected chi connectivity index (χ1v) is 11.5. The summed E-state index contributed by atoms with van der Waals surface area (Å²) < 4.78 is 5.99. The number of aryl methyl sites for hydroxylation is 1. The molecular weight excluding hydrogens is 460 g/mol. The van der Waals surface area contributed by atoms with E-state index in [2.05, 4.69) is 5.32 Å². The second-order valence-corrected chi connectivity index (χ2v) is 8.58. The number of nitrogens with zero attached hydrogens (tertiary/aromatic N) is 1. The summed E-state index contributed by atoms with van der Waals surface area (Å²) in [5, 5.41) is 3.38. The largest absolute Gasteiger partial charge is 0.487 e. The van der Waals surface area contributed by atoms with Crippen molar-refractivity contribution in [1.29, 1.82) is 0 Å². The Morgan fingerprint density at radius 3 is 2.20 bits per heavy atom. The number of amides is 2. The first kappa shape index (κ1) is 24.0. The Bertz CT molecular complexity index is 1320. The van der Waals surface area contributed by atoms with E-state index in [1.165, 1.54) is 4.90 Å². The summed E-state index contributed by atoms with van der Waals surface area (Å²) in [7, 11) is 1.68. The van der Waals surface area contributed by atoms with Crippen molar-refractivity contribution in [3.63, 3.8) is 0 Å². The number of halogens is 1. The molecule has 0 unspecified atom stereocenters. The molecule has 4 aromatic carbocycles. The first-order valence-electron chi connectivity index (χ1n) is 11.1. The van der Waals surface area contributed by atoms with Gasteiger partial charge in [0.25, 0.3) is 11.8 Å². The predicted molar refractivity (Wildman–Crippen MR) is 141 cm³/mol. The monoisotopic (exact) mass is 484 g/mol. The molecule has 5 nitrogen and oxygen atoms in total. The van der Waals surface area contributed by atoms with Gasteiger partial charge in [0.15, 0.2) is 0 Å². The van der Waals surface area contributed by atoms with E-state index < -0.39 is 0 Å². The van der Waals surface area contributed by atoms with E-state index in [1.54, 1.807) is 49.5 Å². The zero-order valence-electron chi connectivity index (χ0n) is 19.5. The minimum atomic E-state index is -0.240. The van der Waals surface area contributed by atoms with Crippen LogP contribution in [0, 0.1) is 6.92 Å². The van der Waals surface area contributed by atoms with Crippen LogP contribution in [-0.2, 0) is 6.61 Å². The van der Waals surface area contributed by atoms with Crippen molar-refractivity contribution in [2.24, 2.45) is 0 Å². The summed E-state index contributed by atoms with van der Waals surface area (Å²) in [4.78, 5) is 27.3. The van der Waals surface area contributed by atoms with E-state index in [4.69, 9.17) is 16.3 Å². The highest BCUT2D eigenvalue weighted by Crippen LogP contribution is 2.32. The zero-order chi connectivity index (χ0) is 24.8. The van der Waals surface area contributed by atoms with Crippen LogP contribution in [0.15, 0.2) is 97.1 Å². The van der Waals surface area contributed by atoms with Crippen molar-refractivity contribution < 1.29 is 14.3 Å². The fourth-order valence-corrected chi connectivity index (χ4v) is 3.69. The molecule has 0 spiro atoms. The molecule has 0 fully saturated rings. The number of benzene rings is 4. The molecule has 0 heterocycles. The van der Waals surface area contributed by atoms with Crippen LogP contribution in [0.1, 0.15) is 31.8 Å². The third-order valence-electron chi connectivity index (χ3n) is 5.53. The van der Waals surface area contributed by atoms with Gasteiger partial charge in [-0.25, -0.2) is 0 Å². The SMILES string of the molecule is Cc1ccc(NC(=O)c2ccc(C(=O)N(C)c3ccc(Cl)cc3OCc3ccccc3)cc2)cc1. The van der Waals surface area contributed by atoms with Crippen molar-refractivity contribution >= 4 is 34.8 Å². The number of carbonyl (C=O) groups excluding carboxylic acids is 2. The van der Waals surface area contributed by atoms with Crippen LogP contribution in [0.25, 0.3) is 0 Å². The second kappa shape index (κ2) is 10.9. The van der Waals surface area contributed by atoms with Gasteiger partial charge in [-0.3, -0.25) is 9.59 Å². The van der Waals surface area contributed by atoms with Gasteiger partial charge in [0.2, 0.25) is 0 Å². The van der Waals surface area contributed by atoms with Crippen molar-refractivity contribution in [3.05, 3.63) is 124 Å². The molecule has 0 aliphatic carbocycles. The van der Waals surface area contributed by atoms with Gasteiger partial charge in [0.05, 0.1) is 5.69 Å². The molecule has 0 saturated carbocycles. The molecule has 0 saturated heterocycles. The zero-order valence-corrected chi connectivity index (χ0v) is 20.3. The first-order chi connectivity index (χ1) is 16.9. The summed E-state index contributed by atoms with van der Waals surface area (Å²) in [6, 6.07) is 29.1. The molecule has 0 radical (unpaired) electrons. The molecule has 1 N–H and O–H groups in total. The Labute approximate surface area is 209 Å². The lowest BCUT2D eigenvalue weighted by atomic mass is 10.1. The van der Waals surface area contributed by atoms with Gasteiger partial charge in [-0.05, 0) is 61.0 Å². The van der Waals surface area contributed by atoms with Crippen LogP contribution in [0.3, 0.4) is 0 Å². The molecule has 4 aromatic rings. The highest BCUT2D eigenvalue weighted by atomic mass is 35.5. The van der Waals surface area contributed by atoms with Gasteiger partial charge in [-0.1, -0.05) is 59.6 Å². The number of hydrogen-bond acceptors (Lipinski definition) is 3. The number of carbonyl (C=O) groups is 2. The summed E-state index contributed by atoms with van der Waals surface area (Å²) in [5.41, 5.74) is 4.34. The highest BCUT2D eigenvalue weighted by molar-refractivity contribution is 6.30. The molecule has 6 heteroatoms. The molecule has 176 valence electrons. The highest BCUT2D eigenvalue weighted by Gasteiger charge is 2.18. The molecule has 35 heavy (non-hydrogen) atoms. The minimum absolute atomic E-state index is 0.234. The summed E-state index contributed by atoms with van der Waals surface area (Å²) >= 11 is 6.19. The second-order valence-electron chi connectivity index (χ2n) is 8.15. The van der Waals surface area contributed by atoms with E-state index in [9.17, 15) is 9.59 Å². The van der Waals surface area contributed by atoms with Crippen LogP contribution in [0.2, 0.25) is 5.02 Å². The molecular formula is C29H25ClN2O3. The smallest absolute Gasteiger partial charge is 0.258 e. The van der Waals surface area contributed by atoms with Crippen molar-refractivity contribution in [3.8, 4) is 5.75 Å². The van der Waals surface area contributed by atoms with E-state index in [1.807, 2.05) is 61.5 Å². The fraction of sp³-hybridized carbons (Fsp3) is 0.103. The van der Waals surface area contributed by atoms with Crippen LogP contribution in [-0.4, -0.2) is 18.9 Å². The van der Waals surface area contributed by atoms with E-state index >= 15 is 0 Å². The van der Waals surface area contributed by atoms with Gasteiger partial charge in [-0.2, -0.15) is 0 Å². The summed E-state index contributed by atoms with van der Waals surface area (Å²) in [5.74, 6) is 0.0316. The standard InChI is InChI=1S/C29H25ClN2O3/c1-20-8-15-25(16-9-20)31-28(33)22-10-12-23(13-11-22)29(34)32(2)26-17-14-24(30)18-27(26)35-19-21-6-4-3-5-7-21/h3-18H,19H2,1-2H3,(H,31,33). The van der Waals surface area contributed by atoms with Gasteiger partial charge in [0.1, 0.15) is 12.4 Å². The lowest BCUT2D eigenvalue weighted by Crippen LogP contribution is -2.26. The molecule has 0 bridgehead atoms. The Morgan fingerprint density at radius 1 is 0.857 bits per heavy atom. The average Bonchev–Trinajstić information content (AvgIpc) is 2.88. The van der Waals surface area contributed by atoms with Crippen molar-refractivity contribution in [2.75, 3.05) is 17.3 Å². The molecule has 0 atom stereocenters. The normalized spacial score (nSPS) is 10.5. The maximum atomic E-state index is 13.2. The maximum absolute atomic E-state index is 13.2.